The van der Waals surface area contributed by atoms with Crippen LogP contribution in [-0.4, -0.2) is 31.5 Å². The largest absolute Gasteiger partial charge is 0.494 e. The van der Waals surface area contributed by atoms with E-state index in [0.29, 0.717) is 30.8 Å². The van der Waals surface area contributed by atoms with Gasteiger partial charge < -0.3 is 15.0 Å². The molecule has 3 aromatic carbocycles. The molecular weight excluding hydrogens is 340 g/mol. The highest BCUT2D eigenvalue weighted by Gasteiger charge is 2.25. The summed E-state index contributed by atoms with van der Waals surface area (Å²) in [6.45, 7) is 1.00. The van der Waals surface area contributed by atoms with Crippen LogP contribution in [0.3, 0.4) is 0 Å². The average molecular weight is 360 g/mol. The Hall–Kier alpha value is -3.34. The number of rotatable bonds is 5. The summed E-state index contributed by atoms with van der Waals surface area (Å²) >= 11 is 0. The van der Waals surface area contributed by atoms with E-state index < -0.39 is 0 Å². The normalized spacial score (nSPS) is 13.9. The first kappa shape index (κ1) is 17.1. The van der Waals surface area contributed by atoms with Crippen LogP contribution in [0.2, 0.25) is 0 Å². The van der Waals surface area contributed by atoms with Gasteiger partial charge in [-0.05, 0) is 41.5 Å². The number of anilines is 1. The van der Waals surface area contributed by atoms with Crippen LogP contribution in [0.25, 0.3) is 10.8 Å². The second kappa shape index (κ2) is 7.50. The molecule has 27 heavy (non-hydrogen) atoms. The third kappa shape index (κ3) is 3.62. The van der Waals surface area contributed by atoms with Crippen molar-refractivity contribution in [3.05, 3.63) is 72.3 Å². The lowest BCUT2D eigenvalue weighted by Gasteiger charge is -2.22. The fraction of sp³-hybridized carbons (Fsp3) is 0.182. The molecule has 0 unspecified atom stereocenters. The number of ether oxygens (including phenoxy) is 1. The molecule has 1 aliphatic rings. The van der Waals surface area contributed by atoms with Crippen LogP contribution in [0.5, 0.6) is 5.75 Å². The first-order valence-corrected chi connectivity index (χ1v) is 9.01. The Bertz CT molecular complexity index is 1000. The van der Waals surface area contributed by atoms with Crippen molar-refractivity contribution in [1.82, 2.24) is 5.32 Å². The number of carbonyl (C=O) groups is 2. The molecule has 0 fully saturated rings. The molecule has 0 saturated heterocycles. The molecular formula is C22H20N2O3. The Morgan fingerprint density at radius 1 is 0.926 bits per heavy atom. The zero-order valence-corrected chi connectivity index (χ0v) is 14.9. The number of hydrogen-bond acceptors (Lipinski definition) is 3. The van der Waals surface area contributed by atoms with E-state index >= 15 is 0 Å². The second-order valence-electron chi connectivity index (χ2n) is 6.46. The quantitative estimate of drug-likeness (QED) is 0.710. The van der Waals surface area contributed by atoms with E-state index in [0.717, 1.165) is 11.1 Å². The molecule has 0 aromatic heterocycles. The van der Waals surface area contributed by atoms with Gasteiger partial charge in [-0.3, -0.25) is 9.59 Å². The zero-order valence-electron chi connectivity index (χ0n) is 14.9. The predicted octanol–water partition coefficient (Wildman–Crippen LogP) is 3.39. The van der Waals surface area contributed by atoms with Crippen LogP contribution in [0.1, 0.15) is 16.8 Å². The third-order valence-corrected chi connectivity index (χ3v) is 4.66. The van der Waals surface area contributed by atoms with Crippen LogP contribution in [0.4, 0.5) is 5.69 Å². The minimum absolute atomic E-state index is 0.0129. The highest BCUT2D eigenvalue weighted by Crippen LogP contribution is 2.23. The molecule has 5 nitrogen and oxygen atoms in total. The number of hydrogen-bond donors (Lipinski definition) is 1. The predicted molar refractivity (Wildman–Crippen MR) is 105 cm³/mol. The summed E-state index contributed by atoms with van der Waals surface area (Å²) in [5, 5.41) is 4.96. The summed E-state index contributed by atoms with van der Waals surface area (Å²) in [6.07, 6.45) is 0.668. The molecule has 0 bridgehead atoms. The maximum Gasteiger partial charge on any atom is 0.253 e. The minimum atomic E-state index is -0.214. The van der Waals surface area contributed by atoms with E-state index in [1.807, 2.05) is 42.5 Å². The van der Waals surface area contributed by atoms with Gasteiger partial charge in [-0.15, -0.1) is 0 Å². The Kier molecular flexibility index (Phi) is 4.75. The van der Waals surface area contributed by atoms with Crippen molar-refractivity contribution in [2.75, 3.05) is 24.6 Å². The van der Waals surface area contributed by atoms with Gasteiger partial charge in [0.15, 0.2) is 0 Å². The molecule has 136 valence electrons. The number of nitrogens with zero attached hydrogens (tertiary/aromatic N) is 1. The fourth-order valence-corrected chi connectivity index (χ4v) is 3.30. The Morgan fingerprint density at radius 2 is 1.70 bits per heavy atom. The molecule has 0 saturated carbocycles. The first-order valence-electron chi connectivity index (χ1n) is 9.01. The molecule has 1 N–H and O–H groups in total. The topological polar surface area (TPSA) is 58.6 Å². The van der Waals surface area contributed by atoms with Gasteiger partial charge in [0.05, 0.1) is 24.4 Å². The van der Waals surface area contributed by atoms with E-state index in [1.54, 1.807) is 17.0 Å². The molecule has 4 rings (SSSR count). The molecule has 0 aliphatic carbocycles. The second-order valence-corrected chi connectivity index (χ2v) is 6.46. The number of para-hydroxylation sites is 1. The number of fused-ring (bicyclic) bond motifs is 2. The van der Waals surface area contributed by atoms with Gasteiger partial charge in [0, 0.05) is 6.54 Å². The van der Waals surface area contributed by atoms with Crippen LogP contribution in [0, 0.1) is 0 Å². The smallest absolute Gasteiger partial charge is 0.253 e. The number of benzene rings is 3. The van der Waals surface area contributed by atoms with Gasteiger partial charge in [0.2, 0.25) is 5.91 Å². The van der Waals surface area contributed by atoms with Crippen LogP contribution in [-0.2, 0) is 4.79 Å². The molecule has 0 spiro atoms. The van der Waals surface area contributed by atoms with Gasteiger partial charge in [-0.2, -0.15) is 0 Å². The van der Waals surface area contributed by atoms with E-state index in [4.69, 9.17) is 4.74 Å². The SMILES string of the molecule is O=C1NCC(=O)N(CCCOc2ccc3ccccc3c2)c2ccccc21. The van der Waals surface area contributed by atoms with Gasteiger partial charge >= 0.3 is 0 Å². The Balaban J connectivity index is 1.41. The highest BCUT2D eigenvalue weighted by atomic mass is 16.5. The zero-order chi connectivity index (χ0) is 18.6. The van der Waals surface area contributed by atoms with E-state index in [2.05, 4.69) is 17.4 Å². The molecule has 5 heteroatoms. The van der Waals surface area contributed by atoms with Crippen molar-refractivity contribution in [3.8, 4) is 5.75 Å². The van der Waals surface area contributed by atoms with Crippen molar-refractivity contribution >= 4 is 28.3 Å². The van der Waals surface area contributed by atoms with E-state index in [1.165, 1.54) is 5.39 Å². The Labute approximate surface area is 157 Å². The third-order valence-electron chi connectivity index (χ3n) is 4.66. The first-order chi connectivity index (χ1) is 13.2. The van der Waals surface area contributed by atoms with Gasteiger partial charge in [0.1, 0.15) is 5.75 Å². The summed E-state index contributed by atoms with van der Waals surface area (Å²) in [5.41, 5.74) is 1.18. The maximum atomic E-state index is 12.4. The summed E-state index contributed by atoms with van der Waals surface area (Å²) in [6, 6.07) is 21.3. The lowest BCUT2D eigenvalue weighted by molar-refractivity contribution is -0.117. The van der Waals surface area contributed by atoms with E-state index in [9.17, 15) is 9.59 Å². The minimum Gasteiger partial charge on any atom is -0.494 e. The van der Waals surface area contributed by atoms with Gasteiger partial charge in [0.25, 0.3) is 5.91 Å². The summed E-state index contributed by atoms with van der Waals surface area (Å²) in [5.74, 6) is 0.487. The maximum absolute atomic E-state index is 12.4. The standard InChI is InChI=1S/C22H20N2O3/c25-21-15-23-22(26)19-8-3-4-9-20(19)24(21)12-5-13-27-18-11-10-16-6-1-2-7-17(16)14-18/h1-4,6-11,14H,5,12-13,15H2,(H,23,26). The molecule has 0 atom stereocenters. The van der Waals surface area contributed by atoms with Crippen LogP contribution >= 0.6 is 0 Å². The summed E-state index contributed by atoms with van der Waals surface area (Å²) in [7, 11) is 0. The molecule has 0 radical (unpaired) electrons. The molecule has 3 aromatic rings. The highest BCUT2D eigenvalue weighted by molar-refractivity contribution is 6.09. The average Bonchev–Trinajstić information content (AvgIpc) is 2.83. The summed E-state index contributed by atoms with van der Waals surface area (Å²) in [4.78, 5) is 26.2. The lowest BCUT2D eigenvalue weighted by Crippen LogP contribution is -2.37. The van der Waals surface area contributed by atoms with Crippen molar-refractivity contribution < 1.29 is 14.3 Å². The number of carbonyl (C=O) groups excluding carboxylic acids is 2. The molecule has 1 aliphatic heterocycles. The monoisotopic (exact) mass is 360 g/mol. The van der Waals surface area contributed by atoms with Gasteiger partial charge in [-0.1, -0.05) is 42.5 Å². The van der Waals surface area contributed by atoms with Gasteiger partial charge in [-0.25, -0.2) is 0 Å². The number of nitrogens with one attached hydrogen (secondary N) is 1. The van der Waals surface area contributed by atoms with Crippen molar-refractivity contribution in [2.45, 2.75) is 6.42 Å². The van der Waals surface area contributed by atoms with Crippen molar-refractivity contribution in [1.29, 1.82) is 0 Å². The van der Waals surface area contributed by atoms with Crippen LogP contribution in [0.15, 0.2) is 66.7 Å². The lowest BCUT2D eigenvalue weighted by atomic mass is 10.1. The van der Waals surface area contributed by atoms with Crippen molar-refractivity contribution in [2.24, 2.45) is 0 Å². The number of amides is 2. The Morgan fingerprint density at radius 3 is 2.59 bits per heavy atom. The molecule has 1 heterocycles. The van der Waals surface area contributed by atoms with E-state index in [-0.39, 0.29) is 18.4 Å². The van der Waals surface area contributed by atoms with Crippen LogP contribution < -0.4 is 15.0 Å². The fourth-order valence-electron chi connectivity index (χ4n) is 3.30. The van der Waals surface area contributed by atoms with Crippen molar-refractivity contribution in [3.63, 3.8) is 0 Å². The summed E-state index contributed by atoms with van der Waals surface area (Å²) < 4.78 is 5.86. The molecule has 2 amide bonds.